The molecule has 1 aromatic rings. The van der Waals surface area contributed by atoms with Crippen LogP contribution in [0.3, 0.4) is 0 Å². The number of rotatable bonds is 4. The number of hydrogen-bond donors (Lipinski definition) is 0. The van der Waals surface area contributed by atoms with Gasteiger partial charge in [-0.05, 0) is 6.92 Å². The number of benzene rings is 1. The van der Waals surface area contributed by atoms with Gasteiger partial charge in [0.25, 0.3) is 0 Å². The molecule has 0 heterocycles. The fourth-order valence-electron chi connectivity index (χ4n) is 2.19. The van der Waals surface area contributed by atoms with Crippen LogP contribution in [0.25, 0.3) is 0 Å². The van der Waals surface area contributed by atoms with Crippen molar-refractivity contribution in [3.8, 4) is 0 Å². The second-order valence-electron chi connectivity index (χ2n) is 5.01. The predicted molar refractivity (Wildman–Crippen MR) is 73.8 cm³/mol. The van der Waals surface area contributed by atoms with E-state index in [9.17, 15) is 22.8 Å². The third kappa shape index (κ3) is 3.01. The second-order valence-corrected chi connectivity index (χ2v) is 5.01. The molecule has 0 aromatic heterocycles. The monoisotopic (exact) mass is 310 g/mol. The standard InChI is InChI=1S/C16H13F3O3/c1-9(2)7-22-8-12-13(16(17,18)19)15(21)11-6-4-3-5-10(11)14(12)20/h3-6H,1,7-8H2,2H3. The molecule has 1 aliphatic rings. The van der Waals surface area contributed by atoms with E-state index in [0.717, 1.165) is 0 Å². The van der Waals surface area contributed by atoms with Crippen LogP contribution in [0.1, 0.15) is 27.6 Å². The Labute approximate surface area is 125 Å². The second kappa shape index (κ2) is 5.88. The van der Waals surface area contributed by atoms with Crippen LogP contribution in [0.4, 0.5) is 13.2 Å². The Morgan fingerprint density at radius 3 is 2.18 bits per heavy atom. The zero-order chi connectivity index (χ0) is 16.5. The largest absolute Gasteiger partial charge is 0.420 e. The number of fused-ring (bicyclic) bond motifs is 1. The first-order valence-corrected chi connectivity index (χ1v) is 6.44. The Hall–Kier alpha value is -2.21. The lowest BCUT2D eigenvalue weighted by atomic mass is 9.84. The molecule has 0 fully saturated rings. The summed E-state index contributed by atoms with van der Waals surface area (Å²) < 4.78 is 44.6. The molecular formula is C16H13F3O3. The van der Waals surface area contributed by atoms with Gasteiger partial charge in [-0.3, -0.25) is 9.59 Å². The minimum Gasteiger partial charge on any atom is -0.372 e. The van der Waals surface area contributed by atoms with Gasteiger partial charge in [0, 0.05) is 16.7 Å². The van der Waals surface area contributed by atoms with Gasteiger partial charge in [0.2, 0.25) is 0 Å². The summed E-state index contributed by atoms with van der Waals surface area (Å²) in [5, 5.41) is 0. The average molecular weight is 310 g/mol. The van der Waals surface area contributed by atoms with Gasteiger partial charge >= 0.3 is 6.18 Å². The zero-order valence-electron chi connectivity index (χ0n) is 11.8. The first-order valence-electron chi connectivity index (χ1n) is 6.44. The van der Waals surface area contributed by atoms with Crippen LogP contribution in [-0.4, -0.2) is 31.0 Å². The fraction of sp³-hybridized carbons (Fsp3) is 0.250. The number of ether oxygens (including phenoxy) is 1. The van der Waals surface area contributed by atoms with E-state index in [1.165, 1.54) is 24.3 Å². The van der Waals surface area contributed by atoms with Gasteiger partial charge in [-0.15, -0.1) is 0 Å². The Morgan fingerprint density at radius 2 is 1.68 bits per heavy atom. The highest BCUT2D eigenvalue weighted by atomic mass is 19.4. The van der Waals surface area contributed by atoms with E-state index < -0.39 is 35.5 Å². The third-order valence-corrected chi connectivity index (χ3v) is 3.10. The van der Waals surface area contributed by atoms with Crippen molar-refractivity contribution in [2.75, 3.05) is 13.2 Å². The van der Waals surface area contributed by atoms with Crippen LogP contribution in [0.2, 0.25) is 0 Å². The third-order valence-electron chi connectivity index (χ3n) is 3.10. The highest BCUT2D eigenvalue weighted by Crippen LogP contribution is 2.36. The number of hydrogen-bond acceptors (Lipinski definition) is 3. The summed E-state index contributed by atoms with van der Waals surface area (Å²) in [7, 11) is 0. The van der Waals surface area contributed by atoms with Gasteiger partial charge in [0.15, 0.2) is 11.6 Å². The van der Waals surface area contributed by atoms with E-state index in [1.807, 2.05) is 0 Å². The molecule has 0 saturated heterocycles. The van der Waals surface area contributed by atoms with Gasteiger partial charge in [-0.1, -0.05) is 36.4 Å². The average Bonchev–Trinajstić information content (AvgIpc) is 2.42. The van der Waals surface area contributed by atoms with Crippen molar-refractivity contribution >= 4 is 11.6 Å². The molecule has 6 heteroatoms. The van der Waals surface area contributed by atoms with Crippen LogP contribution in [0.15, 0.2) is 47.6 Å². The summed E-state index contributed by atoms with van der Waals surface area (Å²) >= 11 is 0. The van der Waals surface area contributed by atoms with Crippen molar-refractivity contribution in [3.05, 3.63) is 58.7 Å². The molecule has 0 amide bonds. The molecule has 116 valence electrons. The molecule has 0 atom stereocenters. The van der Waals surface area contributed by atoms with E-state index in [2.05, 4.69) is 6.58 Å². The topological polar surface area (TPSA) is 43.4 Å². The molecule has 0 spiro atoms. The molecule has 0 N–H and O–H groups in total. The van der Waals surface area contributed by atoms with Crippen molar-refractivity contribution in [2.24, 2.45) is 0 Å². The van der Waals surface area contributed by atoms with Gasteiger partial charge < -0.3 is 4.74 Å². The number of Topliss-reactive ketones (excluding diaryl/α,β-unsaturated/α-hetero) is 2. The van der Waals surface area contributed by atoms with Gasteiger partial charge in [0.1, 0.15) is 5.57 Å². The van der Waals surface area contributed by atoms with Crippen LogP contribution in [0.5, 0.6) is 0 Å². The van der Waals surface area contributed by atoms with E-state index in [4.69, 9.17) is 4.74 Å². The van der Waals surface area contributed by atoms with E-state index >= 15 is 0 Å². The number of carbonyl (C=O) groups excluding carboxylic acids is 2. The first kappa shape index (κ1) is 16.2. The van der Waals surface area contributed by atoms with Gasteiger partial charge in [-0.25, -0.2) is 0 Å². The van der Waals surface area contributed by atoms with E-state index in [-0.39, 0.29) is 17.7 Å². The minimum atomic E-state index is -4.91. The number of halogens is 3. The molecule has 0 aliphatic heterocycles. The van der Waals surface area contributed by atoms with Crippen molar-refractivity contribution in [2.45, 2.75) is 13.1 Å². The number of carbonyl (C=O) groups is 2. The number of ketones is 2. The molecule has 0 unspecified atom stereocenters. The summed E-state index contributed by atoms with van der Waals surface area (Å²) in [6, 6.07) is 5.46. The zero-order valence-corrected chi connectivity index (χ0v) is 11.8. The summed E-state index contributed by atoms with van der Waals surface area (Å²) in [5.41, 5.74) is -1.77. The molecular weight excluding hydrogens is 297 g/mol. The van der Waals surface area contributed by atoms with Crippen LogP contribution >= 0.6 is 0 Å². The quantitative estimate of drug-likeness (QED) is 0.799. The smallest absolute Gasteiger partial charge is 0.372 e. The molecule has 1 aromatic carbocycles. The minimum absolute atomic E-state index is 0.0117. The Balaban J connectivity index is 2.49. The lowest BCUT2D eigenvalue weighted by molar-refractivity contribution is -0.0901. The van der Waals surface area contributed by atoms with Crippen molar-refractivity contribution in [1.82, 2.24) is 0 Å². The van der Waals surface area contributed by atoms with Crippen molar-refractivity contribution in [3.63, 3.8) is 0 Å². The van der Waals surface area contributed by atoms with Crippen LogP contribution < -0.4 is 0 Å². The van der Waals surface area contributed by atoms with Gasteiger partial charge in [0.05, 0.1) is 13.2 Å². The summed E-state index contributed by atoms with van der Waals surface area (Å²) in [6.45, 7) is 4.63. The maximum absolute atomic E-state index is 13.2. The van der Waals surface area contributed by atoms with Crippen LogP contribution in [-0.2, 0) is 4.74 Å². The number of alkyl halides is 3. The van der Waals surface area contributed by atoms with E-state index in [1.54, 1.807) is 6.92 Å². The molecule has 0 bridgehead atoms. The molecule has 2 rings (SSSR count). The SMILES string of the molecule is C=C(C)COCC1=C(C(F)(F)F)C(=O)c2ccccc2C1=O. The van der Waals surface area contributed by atoms with Crippen LogP contribution in [0, 0.1) is 0 Å². The highest BCUT2D eigenvalue weighted by molar-refractivity contribution is 6.27. The Kier molecular flexibility index (Phi) is 4.32. The summed E-state index contributed by atoms with van der Waals surface area (Å²) in [4.78, 5) is 24.4. The molecule has 22 heavy (non-hydrogen) atoms. The summed E-state index contributed by atoms with van der Waals surface area (Å²) in [6.07, 6.45) is -4.91. The molecule has 1 aliphatic carbocycles. The lowest BCUT2D eigenvalue weighted by Crippen LogP contribution is -2.32. The first-order chi connectivity index (χ1) is 10.2. The molecule has 3 nitrogen and oxygen atoms in total. The highest BCUT2D eigenvalue weighted by Gasteiger charge is 2.46. The number of allylic oxidation sites excluding steroid dienone is 1. The van der Waals surface area contributed by atoms with E-state index in [0.29, 0.717) is 5.57 Å². The fourth-order valence-corrected chi connectivity index (χ4v) is 2.19. The molecule has 0 radical (unpaired) electrons. The molecule has 0 saturated carbocycles. The normalized spacial score (nSPS) is 15.1. The lowest BCUT2D eigenvalue weighted by Gasteiger charge is -2.22. The van der Waals surface area contributed by atoms with Crippen molar-refractivity contribution < 1.29 is 27.5 Å². The Morgan fingerprint density at radius 1 is 1.14 bits per heavy atom. The maximum Gasteiger partial charge on any atom is 0.420 e. The summed E-state index contributed by atoms with van der Waals surface area (Å²) in [5.74, 6) is -2.03. The van der Waals surface area contributed by atoms with Crippen molar-refractivity contribution in [1.29, 1.82) is 0 Å². The Bertz CT molecular complexity index is 684. The maximum atomic E-state index is 13.2. The van der Waals surface area contributed by atoms with Gasteiger partial charge in [-0.2, -0.15) is 13.2 Å². The predicted octanol–water partition coefficient (Wildman–Crippen LogP) is 3.52.